The van der Waals surface area contributed by atoms with Crippen LogP contribution < -0.4 is 0 Å². The summed E-state index contributed by atoms with van der Waals surface area (Å²) in [5, 5.41) is 0. The molecule has 0 saturated heterocycles. The molecular weight excluding hydrogens is 324 g/mol. The molecule has 1 unspecified atom stereocenters. The maximum atomic E-state index is 2.59. The predicted octanol–water partition coefficient (Wildman–Crippen LogP) is 9.18. The predicted molar refractivity (Wildman–Crippen MR) is 120 cm³/mol. The molecule has 0 bridgehead atoms. The lowest BCUT2D eigenvalue weighted by atomic mass is 9.67. The van der Waals surface area contributed by atoms with Crippen molar-refractivity contribution in [3.8, 4) is 0 Å². The molecule has 0 nitrogen and oxygen atoms in total. The Morgan fingerprint density at radius 3 is 1.81 bits per heavy atom. The van der Waals surface area contributed by atoms with Gasteiger partial charge in [0.15, 0.2) is 0 Å². The minimum Gasteiger partial charge on any atom is -0.0654 e. The summed E-state index contributed by atoms with van der Waals surface area (Å²) in [6.07, 6.45) is 29.1. The molecule has 3 rings (SSSR count). The summed E-state index contributed by atoms with van der Waals surface area (Å²) < 4.78 is 0. The number of hydrogen-bond donors (Lipinski definition) is 0. The van der Waals surface area contributed by atoms with Gasteiger partial charge in [-0.05, 0) is 74.0 Å². The van der Waals surface area contributed by atoms with E-state index in [1.54, 1.807) is 70.6 Å². The van der Waals surface area contributed by atoms with Crippen LogP contribution in [0.2, 0.25) is 0 Å². The second-order valence-electron chi connectivity index (χ2n) is 11.0. The van der Waals surface area contributed by atoms with Gasteiger partial charge in [-0.3, -0.25) is 0 Å². The summed E-state index contributed by atoms with van der Waals surface area (Å²) >= 11 is 0. The molecule has 0 amide bonds. The second-order valence-corrected chi connectivity index (χ2v) is 11.0. The average Bonchev–Trinajstić information content (AvgIpc) is 2.73. The van der Waals surface area contributed by atoms with Gasteiger partial charge in [-0.25, -0.2) is 0 Å². The van der Waals surface area contributed by atoms with Crippen molar-refractivity contribution in [3.05, 3.63) is 0 Å². The molecule has 0 heteroatoms. The summed E-state index contributed by atoms with van der Waals surface area (Å²) in [4.78, 5) is 0. The minimum atomic E-state index is 0.999. The maximum absolute atomic E-state index is 2.59. The van der Waals surface area contributed by atoms with Crippen LogP contribution in [-0.4, -0.2) is 0 Å². The van der Waals surface area contributed by atoms with Crippen LogP contribution in [0.3, 0.4) is 0 Å². The Hall–Kier alpha value is 0. The van der Waals surface area contributed by atoms with Gasteiger partial charge in [0, 0.05) is 0 Å². The number of unbranched alkanes of at least 4 members (excludes halogenated alkanes) is 1. The summed E-state index contributed by atoms with van der Waals surface area (Å²) in [5.41, 5.74) is 0. The molecule has 3 fully saturated rings. The summed E-state index contributed by atoms with van der Waals surface area (Å²) in [5.74, 6) is 6.44. The molecule has 0 radical (unpaired) electrons. The molecule has 1 atom stereocenters. The Bertz CT molecular complexity index is 363. The monoisotopic (exact) mass is 374 g/mol. The molecule has 158 valence electrons. The zero-order valence-electron chi connectivity index (χ0n) is 18.9. The van der Waals surface area contributed by atoms with Crippen LogP contribution in [0.4, 0.5) is 0 Å². The molecule has 0 heterocycles. The van der Waals surface area contributed by atoms with Gasteiger partial charge in [-0.1, -0.05) is 97.3 Å². The molecule has 0 aliphatic heterocycles. The van der Waals surface area contributed by atoms with E-state index >= 15 is 0 Å². The van der Waals surface area contributed by atoms with Crippen LogP contribution in [0.15, 0.2) is 0 Å². The quantitative estimate of drug-likeness (QED) is 0.377. The fraction of sp³-hybridized carbons (Fsp3) is 1.00. The first-order valence-electron chi connectivity index (χ1n) is 13.3. The Kier molecular flexibility index (Phi) is 9.54. The highest BCUT2D eigenvalue weighted by Gasteiger charge is 2.32. The zero-order chi connectivity index (χ0) is 18.9. The third-order valence-electron chi connectivity index (χ3n) is 9.14. The maximum Gasteiger partial charge on any atom is -0.0386 e. The van der Waals surface area contributed by atoms with E-state index in [0.29, 0.717) is 0 Å². The molecule has 0 aromatic rings. The summed E-state index contributed by atoms with van der Waals surface area (Å²) in [6, 6.07) is 0. The number of rotatable bonds is 9. The van der Waals surface area contributed by atoms with Crippen LogP contribution in [0.1, 0.15) is 136 Å². The molecule has 27 heavy (non-hydrogen) atoms. The van der Waals surface area contributed by atoms with Crippen LogP contribution in [-0.2, 0) is 0 Å². The molecule has 3 aliphatic carbocycles. The lowest BCUT2D eigenvalue weighted by Gasteiger charge is -2.39. The van der Waals surface area contributed by atoms with Crippen LogP contribution >= 0.6 is 0 Å². The lowest BCUT2D eigenvalue weighted by Crippen LogP contribution is -2.27. The highest BCUT2D eigenvalue weighted by molar-refractivity contribution is 4.83. The van der Waals surface area contributed by atoms with E-state index in [1.807, 2.05) is 0 Å². The third-order valence-corrected chi connectivity index (χ3v) is 9.14. The Morgan fingerprint density at radius 1 is 0.630 bits per heavy atom. The fourth-order valence-electron chi connectivity index (χ4n) is 7.07. The first kappa shape index (κ1) is 21.7. The molecule has 0 N–H and O–H groups in total. The van der Waals surface area contributed by atoms with Gasteiger partial charge in [0.05, 0.1) is 0 Å². The van der Waals surface area contributed by atoms with E-state index < -0.39 is 0 Å². The molecular formula is C27H50. The lowest BCUT2D eigenvalue weighted by molar-refractivity contribution is 0.123. The van der Waals surface area contributed by atoms with Gasteiger partial charge in [-0.2, -0.15) is 0 Å². The van der Waals surface area contributed by atoms with Crippen LogP contribution in [0.25, 0.3) is 0 Å². The Morgan fingerprint density at radius 2 is 1.19 bits per heavy atom. The molecule has 0 spiro atoms. The first-order chi connectivity index (χ1) is 13.3. The number of hydrogen-bond acceptors (Lipinski definition) is 0. The van der Waals surface area contributed by atoms with Gasteiger partial charge in [0.2, 0.25) is 0 Å². The van der Waals surface area contributed by atoms with Gasteiger partial charge in [0.1, 0.15) is 0 Å². The molecule has 0 aromatic carbocycles. The summed E-state index contributed by atoms with van der Waals surface area (Å²) in [6.45, 7) is 4.94. The highest BCUT2D eigenvalue weighted by Crippen LogP contribution is 2.44. The van der Waals surface area contributed by atoms with Crippen molar-refractivity contribution in [2.75, 3.05) is 0 Å². The smallest absolute Gasteiger partial charge is 0.0386 e. The summed E-state index contributed by atoms with van der Waals surface area (Å²) in [7, 11) is 0. The van der Waals surface area contributed by atoms with Crippen molar-refractivity contribution < 1.29 is 0 Å². The van der Waals surface area contributed by atoms with E-state index in [9.17, 15) is 0 Å². The topological polar surface area (TPSA) is 0 Å². The minimum absolute atomic E-state index is 0.999. The first-order valence-corrected chi connectivity index (χ1v) is 13.3. The van der Waals surface area contributed by atoms with Gasteiger partial charge in [-0.15, -0.1) is 0 Å². The van der Waals surface area contributed by atoms with Crippen molar-refractivity contribution in [2.24, 2.45) is 35.5 Å². The van der Waals surface area contributed by atoms with Crippen molar-refractivity contribution in [3.63, 3.8) is 0 Å². The Labute approximate surface area is 171 Å². The van der Waals surface area contributed by atoms with E-state index in [-0.39, 0.29) is 0 Å². The van der Waals surface area contributed by atoms with Crippen molar-refractivity contribution in [2.45, 2.75) is 136 Å². The standard InChI is InChI=1S/C27H50/c1-3-4-10-24-14-16-26(17-15-24)27-20-18-25(19-21-27)22(2)9-8-13-23-11-6-5-7-12-23/h22-27H,3-21H2,1-2H3/t22?,24-,25-,26-,27-. The Balaban J connectivity index is 1.28. The highest BCUT2D eigenvalue weighted by atomic mass is 14.4. The fourth-order valence-corrected chi connectivity index (χ4v) is 7.07. The van der Waals surface area contributed by atoms with E-state index in [2.05, 4.69) is 13.8 Å². The molecule has 3 saturated carbocycles. The van der Waals surface area contributed by atoms with Crippen LogP contribution in [0, 0.1) is 35.5 Å². The molecule has 0 aromatic heterocycles. The van der Waals surface area contributed by atoms with Crippen molar-refractivity contribution >= 4 is 0 Å². The van der Waals surface area contributed by atoms with Gasteiger partial charge in [0.25, 0.3) is 0 Å². The van der Waals surface area contributed by atoms with Gasteiger partial charge >= 0.3 is 0 Å². The van der Waals surface area contributed by atoms with Crippen molar-refractivity contribution in [1.29, 1.82) is 0 Å². The third kappa shape index (κ3) is 7.08. The zero-order valence-corrected chi connectivity index (χ0v) is 18.9. The largest absolute Gasteiger partial charge is 0.0654 e. The second kappa shape index (κ2) is 11.9. The van der Waals surface area contributed by atoms with E-state index in [0.717, 1.165) is 35.5 Å². The van der Waals surface area contributed by atoms with Crippen LogP contribution in [0.5, 0.6) is 0 Å². The normalized spacial score (nSPS) is 34.4. The molecule has 3 aliphatic rings. The van der Waals surface area contributed by atoms with Crippen molar-refractivity contribution in [1.82, 2.24) is 0 Å². The van der Waals surface area contributed by atoms with Gasteiger partial charge < -0.3 is 0 Å². The van der Waals surface area contributed by atoms with E-state index in [4.69, 9.17) is 0 Å². The average molecular weight is 375 g/mol. The van der Waals surface area contributed by atoms with E-state index in [1.165, 1.54) is 51.4 Å². The SMILES string of the molecule is CCCC[C@H]1CC[C@H]([C@H]2CC[C@H](C(C)CCCC3CCCCC3)CC2)CC1.